The van der Waals surface area contributed by atoms with Gasteiger partial charge in [0.1, 0.15) is 23.5 Å². The molecule has 0 radical (unpaired) electrons. The van der Waals surface area contributed by atoms with Crippen LogP contribution < -0.4 is 4.74 Å². The number of phenols is 1. The van der Waals surface area contributed by atoms with Crippen molar-refractivity contribution in [1.29, 1.82) is 0 Å². The van der Waals surface area contributed by atoms with Crippen LogP contribution in [0.1, 0.15) is 17.0 Å². The van der Waals surface area contributed by atoms with Crippen molar-refractivity contribution in [1.82, 2.24) is 4.90 Å². The molecule has 1 fully saturated rings. The summed E-state index contributed by atoms with van der Waals surface area (Å²) in [6.45, 7) is 0.564. The van der Waals surface area contributed by atoms with E-state index in [0.29, 0.717) is 12.3 Å². The first kappa shape index (κ1) is 16.4. The third-order valence-corrected chi connectivity index (χ3v) is 5.39. The second kappa shape index (κ2) is 6.05. The van der Waals surface area contributed by atoms with E-state index in [1.54, 1.807) is 17.0 Å². The molecule has 0 spiro atoms. The van der Waals surface area contributed by atoms with Crippen molar-refractivity contribution in [2.75, 3.05) is 19.7 Å². The van der Waals surface area contributed by atoms with Gasteiger partial charge in [-0.2, -0.15) is 0 Å². The van der Waals surface area contributed by atoms with Crippen molar-refractivity contribution in [3.05, 3.63) is 59.7 Å². The largest absolute Gasteiger partial charge is 0.508 e. The van der Waals surface area contributed by atoms with Gasteiger partial charge in [0, 0.05) is 24.6 Å². The molecule has 26 heavy (non-hydrogen) atoms. The highest BCUT2D eigenvalue weighted by molar-refractivity contribution is 5.84. The zero-order valence-electron chi connectivity index (χ0n) is 14.1. The lowest BCUT2D eigenvalue weighted by atomic mass is 9.73. The first-order valence-corrected chi connectivity index (χ1v) is 8.50. The number of hydrogen-bond donors (Lipinski definition) is 2. The highest BCUT2D eigenvalue weighted by Crippen LogP contribution is 2.49. The third-order valence-electron chi connectivity index (χ3n) is 5.39. The van der Waals surface area contributed by atoms with E-state index in [1.807, 2.05) is 24.3 Å². The molecule has 0 aliphatic carbocycles. The fraction of sp³-hybridized carbons (Fsp3) is 0.300. The summed E-state index contributed by atoms with van der Waals surface area (Å²) in [5.74, 6) is -0.497. The predicted octanol–water partition coefficient (Wildman–Crippen LogP) is 2.02. The Hall–Kier alpha value is -3.02. The molecule has 1 saturated heterocycles. The molecule has 134 valence electrons. The number of para-hydroxylation sites is 1. The van der Waals surface area contributed by atoms with Gasteiger partial charge in [-0.25, -0.2) is 0 Å². The number of aromatic hydroxyl groups is 1. The van der Waals surface area contributed by atoms with Gasteiger partial charge in [0.25, 0.3) is 0 Å². The Bertz CT molecular complexity index is 863. The van der Waals surface area contributed by atoms with Crippen LogP contribution in [0, 0.1) is 5.41 Å². The summed E-state index contributed by atoms with van der Waals surface area (Å²) in [5.41, 5.74) is 0.517. The summed E-state index contributed by atoms with van der Waals surface area (Å²) in [5, 5.41) is 19.3. The minimum absolute atomic E-state index is 0.0625. The molecule has 2 aliphatic heterocycles. The molecule has 6 heteroatoms. The minimum atomic E-state index is -1.11. The van der Waals surface area contributed by atoms with Gasteiger partial charge < -0.3 is 19.8 Å². The Morgan fingerprint density at radius 1 is 1.15 bits per heavy atom. The number of phenolic OH excluding ortho intramolecular Hbond substituents is 1. The number of carbonyl (C=O) groups excluding carboxylic acids is 1. The summed E-state index contributed by atoms with van der Waals surface area (Å²) in [7, 11) is 0. The van der Waals surface area contributed by atoms with Gasteiger partial charge >= 0.3 is 5.97 Å². The molecule has 2 aromatic rings. The Morgan fingerprint density at radius 3 is 2.62 bits per heavy atom. The molecular formula is C20H19NO5. The van der Waals surface area contributed by atoms with E-state index >= 15 is 0 Å². The third kappa shape index (κ3) is 2.58. The number of rotatable bonds is 3. The minimum Gasteiger partial charge on any atom is -0.508 e. The number of carbonyl (C=O) groups is 2. The first-order valence-electron chi connectivity index (χ1n) is 8.50. The molecular weight excluding hydrogens is 334 g/mol. The number of carboxylic acid groups (broad SMARTS) is 1. The van der Waals surface area contributed by atoms with Crippen LogP contribution in [0.15, 0.2) is 48.5 Å². The first-order chi connectivity index (χ1) is 12.5. The number of nitrogens with zero attached hydrogens (tertiary/aromatic N) is 1. The molecule has 4 rings (SSSR count). The van der Waals surface area contributed by atoms with Crippen molar-refractivity contribution in [3.63, 3.8) is 0 Å². The van der Waals surface area contributed by atoms with Crippen molar-refractivity contribution in [2.24, 2.45) is 5.41 Å². The molecule has 2 atom stereocenters. The standard InChI is InChI=1S/C20H19NO5/c22-14-7-5-13(6-8-14)9-18(23)21-10-16-15-3-1-2-4-17(15)26-12-20(16,11-21)19(24)25/h1-8,16,22H,9-12H2,(H,24,25)/t16-,20-/m0/s1. The maximum atomic E-state index is 12.7. The van der Waals surface area contributed by atoms with Crippen LogP contribution in [0.5, 0.6) is 11.5 Å². The van der Waals surface area contributed by atoms with Gasteiger partial charge in [0.15, 0.2) is 0 Å². The predicted molar refractivity (Wildman–Crippen MR) is 93.1 cm³/mol. The van der Waals surface area contributed by atoms with Crippen LogP contribution in [0.3, 0.4) is 0 Å². The summed E-state index contributed by atoms with van der Waals surface area (Å²) >= 11 is 0. The molecule has 0 saturated carbocycles. The normalized spacial score (nSPS) is 23.7. The number of benzene rings is 2. The average Bonchev–Trinajstić information content (AvgIpc) is 3.05. The molecule has 2 aromatic carbocycles. The summed E-state index contributed by atoms with van der Waals surface area (Å²) < 4.78 is 5.71. The number of hydrogen-bond acceptors (Lipinski definition) is 4. The van der Waals surface area contributed by atoms with Gasteiger partial charge in [-0.3, -0.25) is 9.59 Å². The Morgan fingerprint density at radius 2 is 1.88 bits per heavy atom. The zero-order chi connectivity index (χ0) is 18.3. The van der Waals surface area contributed by atoms with Gasteiger partial charge in [-0.05, 0) is 23.8 Å². The highest BCUT2D eigenvalue weighted by Gasteiger charge is 2.57. The number of amides is 1. The maximum absolute atomic E-state index is 12.7. The van der Waals surface area contributed by atoms with Crippen molar-refractivity contribution < 1.29 is 24.5 Å². The molecule has 1 amide bonds. The van der Waals surface area contributed by atoms with Gasteiger partial charge in [0.2, 0.25) is 5.91 Å². The Labute approximate surface area is 150 Å². The molecule has 6 nitrogen and oxygen atoms in total. The van der Waals surface area contributed by atoms with Crippen molar-refractivity contribution in [2.45, 2.75) is 12.3 Å². The van der Waals surface area contributed by atoms with Crippen LogP contribution in [-0.4, -0.2) is 46.7 Å². The second-order valence-electron chi connectivity index (χ2n) is 6.96. The number of aliphatic carboxylic acids is 1. The molecule has 0 bridgehead atoms. The SMILES string of the molecule is O=C(Cc1ccc(O)cc1)N1C[C@H]2c3ccccc3OC[C@@]2(C(=O)O)C1. The van der Waals surface area contributed by atoms with E-state index in [4.69, 9.17) is 4.74 Å². The quantitative estimate of drug-likeness (QED) is 0.882. The fourth-order valence-electron chi connectivity index (χ4n) is 3.93. The van der Waals surface area contributed by atoms with E-state index in [9.17, 15) is 19.8 Å². The summed E-state index contributed by atoms with van der Waals surface area (Å²) in [6, 6.07) is 13.9. The van der Waals surface area contributed by atoms with Crippen molar-refractivity contribution >= 4 is 11.9 Å². The van der Waals surface area contributed by atoms with Gasteiger partial charge in [-0.1, -0.05) is 30.3 Å². The molecule has 0 unspecified atom stereocenters. The molecule has 0 aromatic heterocycles. The smallest absolute Gasteiger partial charge is 0.315 e. The Balaban J connectivity index is 1.60. The van der Waals surface area contributed by atoms with E-state index in [2.05, 4.69) is 0 Å². The number of carboxylic acids is 1. The Kier molecular flexibility index (Phi) is 3.83. The monoisotopic (exact) mass is 353 g/mol. The molecule has 2 heterocycles. The average molecular weight is 353 g/mol. The number of ether oxygens (including phenoxy) is 1. The lowest BCUT2D eigenvalue weighted by molar-refractivity contribution is -0.152. The summed E-state index contributed by atoms with van der Waals surface area (Å²) in [4.78, 5) is 26.5. The fourth-order valence-corrected chi connectivity index (χ4v) is 3.93. The number of likely N-dealkylation sites (tertiary alicyclic amines) is 1. The van der Waals surface area contributed by atoms with E-state index in [0.717, 1.165) is 11.1 Å². The lowest BCUT2D eigenvalue weighted by Crippen LogP contribution is -2.46. The summed E-state index contributed by atoms with van der Waals surface area (Å²) in [6.07, 6.45) is 0.172. The van der Waals surface area contributed by atoms with Crippen LogP contribution in [0.25, 0.3) is 0 Å². The number of fused-ring (bicyclic) bond motifs is 3. The molecule has 2 N–H and O–H groups in total. The second-order valence-corrected chi connectivity index (χ2v) is 6.96. The topological polar surface area (TPSA) is 87.1 Å². The maximum Gasteiger partial charge on any atom is 0.315 e. The van der Waals surface area contributed by atoms with E-state index in [1.165, 1.54) is 12.1 Å². The van der Waals surface area contributed by atoms with Crippen LogP contribution in [0.2, 0.25) is 0 Å². The molecule has 2 aliphatic rings. The van der Waals surface area contributed by atoms with E-state index < -0.39 is 11.4 Å². The highest BCUT2D eigenvalue weighted by atomic mass is 16.5. The lowest BCUT2D eigenvalue weighted by Gasteiger charge is -2.35. The van der Waals surface area contributed by atoms with E-state index in [-0.39, 0.29) is 37.1 Å². The van der Waals surface area contributed by atoms with Gasteiger partial charge in [-0.15, -0.1) is 0 Å². The van der Waals surface area contributed by atoms with Crippen molar-refractivity contribution in [3.8, 4) is 11.5 Å². The van der Waals surface area contributed by atoms with Crippen LogP contribution >= 0.6 is 0 Å². The van der Waals surface area contributed by atoms with Crippen LogP contribution in [-0.2, 0) is 16.0 Å². The zero-order valence-corrected chi connectivity index (χ0v) is 14.1. The van der Waals surface area contributed by atoms with Gasteiger partial charge in [0.05, 0.1) is 6.42 Å². The van der Waals surface area contributed by atoms with Crippen LogP contribution in [0.4, 0.5) is 0 Å².